The van der Waals surface area contributed by atoms with E-state index < -0.39 is 0 Å². The Morgan fingerprint density at radius 3 is 2.56 bits per heavy atom. The molecule has 172 valence electrons. The van der Waals surface area contributed by atoms with Crippen LogP contribution >= 0.6 is 11.8 Å². The molecule has 0 atom stereocenters. The van der Waals surface area contributed by atoms with Gasteiger partial charge >= 0.3 is 0 Å². The number of hydrazone groups is 1. The van der Waals surface area contributed by atoms with Crippen molar-refractivity contribution in [3.05, 3.63) is 78.6 Å². The van der Waals surface area contributed by atoms with Crippen LogP contribution in [0, 0.1) is 0 Å². The molecule has 0 saturated heterocycles. The Balaban J connectivity index is 1.47. The Kier molecular flexibility index (Phi) is 7.51. The monoisotopic (exact) mass is 474 g/mol. The zero-order chi connectivity index (χ0) is 23.8. The molecule has 4 rings (SSSR count). The summed E-state index contributed by atoms with van der Waals surface area (Å²) in [7, 11) is 3.11. The molecule has 10 heteroatoms. The zero-order valence-electron chi connectivity index (χ0n) is 18.6. The van der Waals surface area contributed by atoms with Crippen LogP contribution in [-0.4, -0.2) is 51.8 Å². The summed E-state index contributed by atoms with van der Waals surface area (Å²) < 4.78 is 12.6. The standard InChI is InChI=1S/C24H22N6O3S/c1-32-20-10-6-7-18(22(20)33-2)15-26-27-21(31)16-34-24-29-28-23(17-11-13-25-14-12-17)30(24)19-8-4-3-5-9-19/h3-15H,16H2,1-2H3,(H,27,31)/b26-15+. The summed E-state index contributed by atoms with van der Waals surface area (Å²) in [5.74, 6) is 1.61. The maximum absolute atomic E-state index is 12.4. The highest BCUT2D eigenvalue weighted by molar-refractivity contribution is 7.99. The van der Waals surface area contributed by atoms with Gasteiger partial charge in [-0.25, -0.2) is 5.43 Å². The van der Waals surface area contributed by atoms with E-state index in [1.807, 2.05) is 59.2 Å². The van der Waals surface area contributed by atoms with Gasteiger partial charge in [0.05, 0.1) is 26.2 Å². The predicted molar refractivity (Wildman–Crippen MR) is 131 cm³/mol. The number of pyridine rings is 1. The van der Waals surface area contributed by atoms with Gasteiger partial charge in [0, 0.05) is 29.2 Å². The second kappa shape index (κ2) is 11.1. The third-order valence-electron chi connectivity index (χ3n) is 4.74. The number of ether oxygens (including phenoxy) is 2. The van der Waals surface area contributed by atoms with E-state index in [1.165, 1.54) is 18.0 Å². The summed E-state index contributed by atoms with van der Waals surface area (Å²) in [5.41, 5.74) is 4.99. The van der Waals surface area contributed by atoms with Crippen LogP contribution in [-0.2, 0) is 4.79 Å². The summed E-state index contributed by atoms with van der Waals surface area (Å²) in [5, 5.41) is 13.3. The summed E-state index contributed by atoms with van der Waals surface area (Å²) >= 11 is 1.27. The highest BCUT2D eigenvalue weighted by Gasteiger charge is 2.17. The molecule has 0 bridgehead atoms. The van der Waals surface area contributed by atoms with Gasteiger partial charge in [0.25, 0.3) is 5.91 Å². The highest BCUT2D eigenvalue weighted by atomic mass is 32.2. The highest BCUT2D eigenvalue weighted by Crippen LogP contribution is 2.29. The molecule has 0 saturated carbocycles. The number of carbonyl (C=O) groups is 1. The minimum Gasteiger partial charge on any atom is -0.493 e. The number of methoxy groups -OCH3 is 2. The molecular formula is C24H22N6O3S. The van der Waals surface area contributed by atoms with Crippen LogP contribution in [0.15, 0.2) is 83.3 Å². The Morgan fingerprint density at radius 1 is 1.03 bits per heavy atom. The van der Waals surface area contributed by atoms with Gasteiger partial charge in [-0.15, -0.1) is 10.2 Å². The maximum atomic E-state index is 12.4. The molecule has 1 amide bonds. The number of nitrogens with zero attached hydrogens (tertiary/aromatic N) is 5. The minimum atomic E-state index is -0.281. The average Bonchev–Trinajstić information content (AvgIpc) is 3.32. The molecule has 4 aromatic rings. The Morgan fingerprint density at radius 2 is 1.82 bits per heavy atom. The molecule has 0 aliphatic heterocycles. The number of nitrogens with one attached hydrogen (secondary N) is 1. The van der Waals surface area contributed by atoms with Crippen LogP contribution in [0.3, 0.4) is 0 Å². The van der Waals surface area contributed by atoms with Gasteiger partial charge in [0.2, 0.25) is 0 Å². The van der Waals surface area contributed by atoms with Crippen LogP contribution in [0.4, 0.5) is 0 Å². The predicted octanol–water partition coefficient (Wildman–Crippen LogP) is 3.59. The maximum Gasteiger partial charge on any atom is 0.250 e. The summed E-state index contributed by atoms with van der Waals surface area (Å²) in [6.45, 7) is 0. The van der Waals surface area contributed by atoms with Crippen molar-refractivity contribution in [3.8, 4) is 28.6 Å². The van der Waals surface area contributed by atoms with Crippen LogP contribution in [0.5, 0.6) is 11.5 Å². The summed E-state index contributed by atoms with van der Waals surface area (Å²) in [6, 6.07) is 18.9. The fourth-order valence-corrected chi connectivity index (χ4v) is 3.96. The van der Waals surface area contributed by atoms with E-state index in [1.54, 1.807) is 32.7 Å². The van der Waals surface area contributed by atoms with Crippen molar-refractivity contribution in [2.24, 2.45) is 5.10 Å². The molecule has 0 spiro atoms. The second-order valence-corrected chi connectivity index (χ2v) is 7.82. The third kappa shape index (κ3) is 5.24. The molecule has 0 aliphatic rings. The minimum absolute atomic E-state index is 0.105. The first kappa shape index (κ1) is 23.0. The van der Waals surface area contributed by atoms with E-state index in [9.17, 15) is 4.79 Å². The molecule has 1 N–H and O–H groups in total. The molecular weight excluding hydrogens is 452 g/mol. The number of amides is 1. The zero-order valence-corrected chi connectivity index (χ0v) is 19.4. The average molecular weight is 475 g/mol. The molecule has 34 heavy (non-hydrogen) atoms. The Bertz CT molecular complexity index is 1280. The van der Waals surface area contributed by atoms with Gasteiger partial charge in [-0.2, -0.15) is 5.10 Å². The normalized spacial score (nSPS) is 10.9. The lowest BCUT2D eigenvalue weighted by Crippen LogP contribution is -2.20. The molecule has 2 aromatic carbocycles. The van der Waals surface area contributed by atoms with Crippen molar-refractivity contribution in [1.82, 2.24) is 25.2 Å². The summed E-state index contributed by atoms with van der Waals surface area (Å²) in [6.07, 6.45) is 4.92. The molecule has 0 radical (unpaired) electrons. The lowest BCUT2D eigenvalue weighted by molar-refractivity contribution is -0.118. The topological polar surface area (TPSA) is 104 Å². The largest absolute Gasteiger partial charge is 0.493 e. The third-order valence-corrected chi connectivity index (χ3v) is 5.67. The van der Waals surface area contributed by atoms with Crippen LogP contribution in [0.1, 0.15) is 5.56 Å². The SMILES string of the molecule is COc1cccc(/C=N/NC(=O)CSc2nnc(-c3ccncc3)n2-c2ccccc2)c1OC. The van der Waals surface area contributed by atoms with Crippen molar-refractivity contribution >= 4 is 23.9 Å². The number of rotatable bonds is 9. The van der Waals surface area contributed by atoms with Crippen molar-refractivity contribution in [2.75, 3.05) is 20.0 Å². The quantitative estimate of drug-likeness (QED) is 0.225. The molecule has 0 unspecified atom stereocenters. The van der Waals surface area contributed by atoms with Crippen LogP contribution < -0.4 is 14.9 Å². The molecule has 9 nitrogen and oxygen atoms in total. The van der Waals surface area contributed by atoms with E-state index >= 15 is 0 Å². The van der Waals surface area contributed by atoms with Gasteiger partial charge in [-0.05, 0) is 36.4 Å². The first-order valence-corrected chi connectivity index (χ1v) is 11.3. The van der Waals surface area contributed by atoms with Gasteiger partial charge in [0.15, 0.2) is 22.5 Å². The molecule has 2 heterocycles. The van der Waals surface area contributed by atoms with E-state index in [4.69, 9.17) is 9.47 Å². The molecule has 0 aliphatic carbocycles. The smallest absolute Gasteiger partial charge is 0.250 e. The fourth-order valence-electron chi connectivity index (χ4n) is 3.21. The lowest BCUT2D eigenvalue weighted by Gasteiger charge is -2.10. The van der Waals surface area contributed by atoms with Gasteiger partial charge in [-0.1, -0.05) is 36.0 Å². The number of para-hydroxylation sites is 2. The number of aromatic nitrogens is 4. The lowest BCUT2D eigenvalue weighted by atomic mass is 10.2. The summed E-state index contributed by atoms with van der Waals surface area (Å²) in [4.78, 5) is 16.5. The van der Waals surface area contributed by atoms with Gasteiger partial charge < -0.3 is 9.47 Å². The number of hydrogen-bond donors (Lipinski definition) is 1. The van der Waals surface area contributed by atoms with Gasteiger partial charge in [-0.3, -0.25) is 14.3 Å². The van der Waals surface area contributed by atoms with Crippen LogP contribution in [0.25, 0.3) is 17.1 Å². The second-order valence-electron chi connectivity index (χ2n) is 6.88. The van der Waals surface area contributed by atoms with E-state index in [-0.39, 0.29) is 11.7 Å². The number of carbonyl (C=O) groups excluding carboxylic acids is 1. The number of thioether (sulfide) groups is 1. The molecule has 2 aromatic heterocycles. The number of benzene rings is 2. The van der Waals surface area contributed by atoms with Gasteiger partial charge in [0.1, 0.15) is 0 Å². The van der Waals surface area contributed by atoms with Crippen molar-refractivity contribution in [2.45, 2.75) is 5.16 Å². The Labute approximate surface area is 200 Å². The van der Waals surface area contributed by atoms with Crippen molar-refractivity contribution in [1.29, 1.82) is 0 Å². The van der Waals surface area contributed by atoms with E-state index in [0.717, 1.165) is 11.3 Å². The number of hydrogen-bond acceptors (Lipinski definition) is 8. The first-order valence-electron chi connectivity index (χ1n) is 10.3. The molecule has 0 fully saturated rings. The van der Waals surface area contributed by atoms with E-state index in [2.05, 4.69) is 25.7 Å². The first-order chi connectivity index (χ1) is 16.7. The fraction of sp³-hybridized carbons (Fsp3) is 0.125. The van der Waals surface area contributed by atoms with Crippen LogP contribution in [0.2, 0.25) is 0 Å². The van der Waals surface area contributed by atoms with Crippen molar-refractivity contribution < 1.29 is 14.3 Å². The Hall–Kier alpha value is -4.18. The van der Waals surface area contributed by atoms with E-state index in [0.29, 0.717) is 28.0 Å². The van der Waals surface area contributed by atoms with Crippen molar-refractivity contribution in [3.63, 3.8) is 0 Å².